The van der Waals surface area contributed by atoms with Crippen LogP contribution in [0.25, 0.3) is 0 Å². The van der Waals surface area contributed by atoms with E-state index < -0.39 is 5.97 Å². The molecule has 6 heteroatoms. The lowest BCUT2D eigenvalue weighted by atomic mass is 9.73. The Balaban J connectivity index is 1.55. The summed E-state index contributed by atoms with van der Waals surface area (Å²) in [6, 6.07) is 6.80. The van der Waals surface area contributed by atoms with Crippen molar-refractivity contribution >= 4 is 23.5 Å². The summed E-state index contributed by atoms with van der Waals surface area (Å²) in [5, 5.41) is 0. The first-order chi connectivity index (χ1) is 14.0. The van der Waals surface area contributed by atoms with Gasteiger partial charge in [0.15, 0.2) is 0 Å². The highest BCUT2D eigenvalue weighted by Crippen LogP contribution is 2.38. The summed E-state index contributed by atoms with van der Waals surface area (Å²) < 4.78 is 6.02. The van der Waals surface area contributed by atoms with E-state index in [0.29, 0.717) is 23.1 Å². The van der Waals surface area contributed by atoms with Crippen LogP contribution in [0.5, 0.6) is 0 Å². The van der Waals surface area contributed by atoms with Gasteiger partial charge in [-0.2, -0.15) is 0 Å². The second-order valence-corrected chi connectivity index (χ2v) is 8.67. The maximum absolute atomic E-state index is 13.1. The lowest BCUT2D eigenvalue weighted by Gasteiger charge is -2.44. The van der Waals surface area contributed by atoms with E-state index in [0.717, 1.165) is 43.8 Å². The fraction of sp³-hybridized carbons (Fsp3) is 0.609. The summed E-state index contributed by atoms with van der Waals surface area (Å²) in [5.74, 6) is -0.316. The average Bonchev–Trinajstić information content (AvgIpc) is 2.99. The van der Waals surface area contributed by atoms with E-state index in [-0.39, 0.29) is 30.3 Å². The van der Waals surface area contributed by atoms with Gasteiger partial charge in [-0.3, -0.25) is 9.59 Å². The molecule has 1 aromatic carbocycles. The predicted molar refractivity (Wildman–Crippen MR) is 109 cm³/mol. The molecule has 1 aromatic rings. The third kappa shape index (κ3) is 3.82. The minimum atomic E-state index is -0.431. The van der Waals surface area contributed by atoms with Crippen molar-refractivity contribution in [3.8, 4) is 0 Å². The molecule has 0 bridgehead atoms. The molecule has 0 aromatic heterocycles. The molecule has 3 fully saturated rings. The molecule has 1 aliphatic carbocycles. The number of rotatable bonds is 4. The molecule has 3 aliphatic rings. The number of amides is 2. The van der Waals surface area contributed by atoms with E-state index in [9.17, 15) is 14.4 Å². The Bertz CT molecular complexity index is 808. The number of imide groups is 1. The Hall–Kier alpha value is -2.21. The number of piperidine rings is 1. The van der Waals surface area contributed by atoms with Crippen LogP contribution in [0.15, 0.2) is 24.3 Å². The van der Waals surface area contributed by atoms with E-state index in [2.05, 4.69) is 11.8 Å². The van der Waals surface area contributed by atoms with Crippen LogP contribution < -0.4 is 4.90 Å². The molecular formula is C23H30N2O4. The number of likely N-dealkylation sites (tertiary alicyclic amines) is 1. The molecule has 6 nitrogen and oxygen atoms in total. The van der Waals surface area contributed by atoms with E-state index in [1.54, 1.807) is 31.2 Å². The molecule has 156 valence electrons. The highest BCUT2D eigenvalue weighted by molar-refractivity contribution is 6.22. The Morgan fingerprint density at radius 3 is 2.69 bits per heavy atom. The number of hydrogen-bond donors (Lipinski definition) is 0. The number of hydrogen-bond acceptors (Lipinski definition) is 5. The summed E-state index contributed by atoms with van der Waals surface area (Å²) in [5.41, 5.74) is 0.650. The molecule has 0 spiro atoms. The van der Waals surface area contributed by atoms with Crippen LogP contribution >= 0.6 is 0 Å². The van der Waals surface area contributed by atoms with Gasteiger partial charge in [-0.15, -0.1) is 0 Å². The van der Waals surface area contributed by atoms with Crippen LogP contribution in [-0.2, 0) is 14.3 Å². The third-order valence-electron chi connectivity index (χ3n) is 6.87. The smallest absolute Gasteiger partial charge is 0.340 e. The van der Waals surface area contributed by atoms with Crippen molar-refractivity contribution in [3.05, 3.63) is 29.8 Å². The fourth-order valence-electron chi connectivity index (χ4n) is 5.19. The molecular weight excluding hydrogens is 368 g/mol. The first kappa shape index (κ1) is 20.1. The van der Waals surface area contributed by atoms with Gasteiger partial charge in [0.05, 0.1) is 11.3 Å². The van der Waals surface area contributed by atoms with Crippen molar-refractivity contribution in [3.63, 3.8) is 0 Å². The van der Waals surface area contributed by atoms with Crippen molar-refractivity contribution in [1.29, 1.82) is 0 Å². The van der Waals surface area contributed by atoms with E-state index in [1.165, 1.54) is 6.42 Å². The second-order valence-electron chi connectivity index (χ2n) is 8.67. The number of carbonyl (C=O) groups is 3. The normalized spacial score (nSPS) is 30.3. The topological polar surface area (TPSA) is 66.9 Å². The summed E-state index contributed by atoms with van der Waals surface area (Å²) >= 11 is 0. The second kappa shape index (κ2) is 8.27. The minimum Gasteiger partial charge on any atom is -0.458 e. The summed E-state index contributed by atoms with van der Waals surface area (Å²) in [6.45, 7) is 7.03. The van der Waals surface area contributed by atoms with Crippen molar-refractivity contribution < 1.29 is 19.1 Å². The van der Waals surface area contributed by atoms with Crippen molar-refractivity contribution in [1.82, 2.24) is 4.90 Å². The highest BCUT2D eigenvalue weighted by atomic mass is 16.5. The number of anilines is 1. The molecule has 2 aliphatic heterocycles. The Labute approximate surface area is 172 Å². The van der Waals surface area contributed by atoms with Gasteiger partial charge in [0.2, 0.25) is 11.8 Å². The SMILES string of the molecule is CCN1CC[C@H]2CCC[C@H](OC(=O)c3ccccc3N3C(=O)C[C@H](C)C3=O)[C@@H]2C1. The Kier molecular flexibility index (Phi) is 5.72. The molecule has 0 N–H and O–H groups in total. The van der Waals surface area contributed by atoms with E-state index >= 15 is 0 Å². The summed E-state index contributed by atoms with van der Waals surface area (Å²) in [4.78, 5) is 41.6. The van der Waals surface area contributed by atoms with Gasteiger partial charge >= 0.3 is 5.97 Å². The molecule has 2 saturated heterocycles. The van der Waals surface area contributed by atoms with Gasteiger partial charge in [0.25, 0.3) is 0 Å². The molecule has 2 amide bonds. The largest absolute Gasteiger partial charge is 0.458 e. The van der Waals surface area contributed by atoms with Crippen LogP contribution in [0.4, 0.5) is 5.69 Å². The zero-order chi connectivity index (χ0) is 20.5. The molecule has 0 unspecified atom stereocenters. The lowest BCUT2D eigenvalue weighted by Crippen LogP contribution is -2.48. The molecule has 4 rings (SSSR count). The lowest BCUT2D eigenvalue weighted by molar-refractivity contribution is -0.122. The number of para-hydroxylation sites is 1. The standard InChI is InChI=1S/C23H30N2O4/c1-3-24-12-11-16-7-6-10-20(18(16)14-24)29-23(28)17-8-4-5-9-19(17)25-21(26)13-15(2)22(25)27/h4-5,8-9,15-16,18,20H,3,6-7,10-14H2,1-2H3/t15-,16+,18+,20-/m0/s1. The average molecular weight is 399 g/mol. The minimum absolute atomic E-state index is 0.104. The Morgan fingerprint density at radius 1 is 1.17 bits per heavy atom. The van der Waals surface area contributed by atoms with Crippen LogP contribution in [0, 0.1) is 17.8 Å². The number of carbonyl (C=O) groups excluding carboxylic acids is 3. The fourth-order valence-corrected chi connectivity index (χ4v) is 5.19. The number of esters is 1. The van der Waals surface area contributed by atoms with Gasteiger partial charge in [0.1, 0.15) is 6.10 Å². The van der Waals surface area contributed by atoms with E-state index in [1.807, 2.05) is 0 Å². The zero-order valence-electron chi connectivity index (χ0n) is 17.3. The molecule has 2 heterocycles. The maximum atomic E-state index is 13.1. The van der Waals surface area contributed by atoms with Gasteiger partial charge in [-0.05, 0) is 56.8 Å². The van der Waals surface area contributed by atoms with Crippen LogP contribution in [0.1, 0.15) is 56.3 Å². The van der Waals surface area contributed by atoms with Crippen molar-refractivity contribution in [2.75, 3.05) is 24.5 Å². The molecule has 0 radical (unpaired) electrons. The maximum Gasteiger partial charge on any atom is 0.340 e. The molecule has 4 atom stereocenters. The number of fused-ring (bicyclic) bond motifs is 1. The van der Waals surface area contributed by atoms with Gasteiger partial charge in [-0.25, -0.2) is 9.69 Å². The number of ether oxygens (including phenoxy) is 1. The van der Waals surface area contributed by atoms with Gasteiger partial charge in [0, 0.05) is 24.8 Å². The molecule has 1 saturated carbocycles. The van der Waals surface area contributed by atoms with Gasteiger partial charge in [-0.1, -0.05) is 26.0 Å². The van der Waals surface area contributed by atoms with Crippen LogP contribution in [-0.4, -0.2) is 48.4 Å². The van der Waals surface area contributed by atoms with Gasteiger partial charge < -0.3 is 9.64 Å². The van der Waals surface area contributed by atoms with Crippen LogP contribution in [0.3, 0.4) is 0 Å². The highest BCUT2D eigenvalue weighted by Gasteiger charge is 2.41. The summed E-state index contributed by atoms with van der Waals surface area (Å²) in [6.07, 6.45) is 4.41. The van der Waals surface area contributed by atoms with Crippen molar-refractivity contribution in [2.24, 2.45) is 17.8 Å². The first-order valence-corrected chi connectivity index (χ1v) is 10.9. The first-order valence-electron chi connectivity index (χ1n) is 10.9. The monoisotopic (exact) mass is 398 g/mol. The molecule has 29 heavy (non-hydrogen) atoms. The van der Waals surface area contributed by atoms with E-state index in [4.69, 9.17) is 4.74 Å². The Morgan fingerprint density at radius 2 is 1.97 bits per heavy atom. The van der Waals surface area contributed by atoms with Crippen LogP contribution in [0.2, 0.25) is 0 Å². The predicted octanol–water partition coefficient (Wildman–Crippen LogP) is 3.25. The zero-order valence-corrected chi connectivity index (χ0v) is 17.3. The number of nitrogens with zero attached hydrogens (tertiary/aromatic N) is 2. The third-order valence-corrected chi connectivity index (χ3v) is 6.87. The number of benzene rings is 1. The quantitative estimate of drug-likeness (QED) is 0.575. The van der Waals surface area contributed by atoms with Crippen molar-refractivity contribution in [2.45, 2.75) is 52.1 Å². The summed E-state index contributed by atoms with van der Waals surface area (Å²) in [7, 11) is 0.